The van der Waals surface area contributed by atoms with E-state index in [9.17, 15) is 4.79 Å². The van der Waals surface area contributed by atoms with Gasteiger partial charge in [-0.1, -0.05) is 6.07 Å². The lowest BCUT2D eigenvalue weighted by Crippen LogP contribution is -2.18. The summed E-state index contributed by atoms with van der Waals surface area (Å²) in [7, 11) is 1.34. The average molecular weight is 302 g/mol. The van der Waals surface area contributed by atoms with Gasteiger partial charge < -0.3 is 20.5 Å². The van der Waals surface area contributed by atoms with Crippen LogP contribution < -0.4 is 15.8 Å². The second-order valence-corrected chi connectivity index (χ2v) is 4.57. The maximum atomic E-state index is 11.3. The van der Waals surface area contributed by atoms with Crippen molar-refractivity contribution in [3.63, 3.8) is 0 Å². The molecule has 0 aromatic heterocycles. The Labute approximate surface area is 127 Å². The first-order chi connectivity index (χ1) is 10.1. The summed E-state index contributed by atoms with van der Waals surface area (Å²) >= 11 is 4.78. The van der Waals surface area contributed by atoms with Crippen molar-refractivity contribution in [2.75, 3.05) is 12.4 Å². The van der Waals surface area contributed by atoms with Crippen molar-refractivity contribution in [1.82, 2.24) is 0 Å². The topological polar surface area (TPSA) is 73.6 Å². The average Bonchev–Trinajstić information content (AvgIpc) is 2.47. The Morgan fingerprint density at radius 1 is 1.14 bits per heavy atom. The van der Waals surface area contributed by atoms with E-state index in [1.54, 1.807) is 36.4 Å². The van der Waals surface area contributed by atoms with Gasteiger partial charge in [0.25, 0.3) is 0 Å². The second kappa shape index (κ2) is 6.71. The van der Waals surface area contributed by atoms with Gasteiger partial charge in [0, 0.05) is 11.8 Å². The largest absolute Gasteiger partial charge is 0.465 e. The minimum atomic E-state index is -0.385. The molecule has 0 saturated heterocycles. The van der Waals surface area contributed by atoms with Crippen LogP contribution in [0, 0.1) is 0 Å². The number of carbonyl (C=O) groups is 1. The highest BCUT2D eigenvalue weighted by Gasteiger charge is 2.05. The summed E-state index contributed by atoms with van der Waals surface area (Å²) in [6.45, 7) is 0. The zero-order valence-electron chi connectivity index (χ0n) is 11.3. The van der Waals surface area contributed by atoms with Gasteiger partial charge in [0.1, 0.15) is 11.5 Å². The van der Waals surface area contributed by atoms with Crippen molar-refractivity contribution >= 4 is 29.0 Å². The van der Waals surface area contributed by atoms with Gasteiger partial charge in [-0.15, -0.1) is 0 Å². The van der Waals surface area contributed by atoms with Gasteiger partial charge in [0.15, 0.2) is 5.11 Å². The molecule has 0 heterocycles. The summed E-state index contributed by atoms with van der Waals surface area (Å²) in [4.78, 5) is 11.3. The number of rotatable bonds is 4. The number of nitrogens with one attached hydrogen (secondary N) is 1. The van der Waals surface area contributed by atoms with Crippen molar-refractivity contribution < 1.29 is 14.3 Å². The van der Waals surface area contributed by atoms with Crippen molar-refractivity contribution in [1.29, 1.82) is 0 Å². The van der Waals surface area contributed by atoms with Gasteiger partial charge >= 0.3 is 5.97 Å². The number of carbonyl (C=O) groups excluding carboxylic acids is 1. The molecule has 0 amide bonds. The van der Waals surface area contributed by atoms with E-state index in [0.29, 0.717) is 17.1 Å². The first-order valence-electron chi connectivity index (χ1n) is 6.11. The van der Waals surface area contributed by atoms with E-state index in [2.05, 4.69) is 10.1 Å². The fraction of sp³-hybridized carbons (Fsp3) is 0.0667. The van der Waals surface area contributed by atoms with Gasteiger partial charge in [-0.05, 0) is 48.6 Å². The van der Waals surface area contributed by atoms with Crippen LogP contribution in [-0.4, -0.2) is 18.2 Å². The molecule has 2 rings (SSSR count). The first kappa shape index (κ1) is 14.8. The summed E-state index contributed by atoms with van der Waals surface area (Å²) in [6.07, 6.45) is 0. The zero-order chi connectivity index (χ0) is 15.2. The van der Waals surface area contributed by atoms with E-state index in [4.69, 9.17) is 22.7 Å². The van der Waals surface area contributed by atoms with Crippen LogP contribution in [-0.2, 0) is 4.74 Å². The molecule has 0 aliphatic rings. The highest BCUT2D eigenvalue weighted by molar-refractivity contribution is 7.80. The van der Waals surface area contributed by atoms with Crippen LogP contribution >= 0.6 is 12.2 Å². The van der Waals surface area contributed by atoms with E-state index >= 15 is 0 Å². The summed E-state index contributed by atoms with van der Waals surface area (Å²) in [5, 5.41) is 3.02. The number of benzene rings is 2. The quantitative estimate of drug-likeness (QED) is 0.668. The minimum absolute atomic E-state index is 0.189. The first-order valence-corrected chi connectivity index (χ1v) is 6.52. The Morgan fingerprint density at radius 2 is 1.86 bits per heavy atom. The van der Waals surface area contributed by atoms with E-state index in [0.717, 1.165) is 5.69 Å². The smallest absolute Gasteiger partial charge is 0.337 e. The summed E-state index contributed by atoms with van der Waals surface area (Å²) in [5.74, 6) is 0.849. The molecule has 5 nitrogen and oxygen atoms in total. The van der Waals surface area contributed by atoms with E-state index in [1.807, 2.05) is 12.1 Å². The monoisotopic (exact) mass is 302 g/mol. The molecule has 0 saturated carbocycles. The molecule has 108 valence electrons. The van der Waals surface area contributed by atoms with Crippen LogP contribution in [0.3, 0.4) is 0 Å². The van der Waals surface area contributed by atoms with Crippen LogP contribution in [0.15, 0.2) is 48.5 Å². The number of hydrogen-bond donors (Lipinski definition) is 2. The van der Waals surface area contributed by atoms with Gasteiger partial charge in [0.05, 0.1) is 12.7 Å². The molecule has 2 aromatic carbocycles. The summed E-state index contributed by atoms with van der Waals surface area (Å²) in [5.41, 5.74) is 6.63. The number of esters is 1. The summed E-state index contributed by atoms with van der Waals surface area (Å²) in [6, 6.07) is 13.9. The minimum Gasteiger partial charge on any atom is -0.465 e. The number of anilines is 1. The Morgan fingerprint density at radius 3 is 2.48 bits per heavy atom. The molecule has 0 bridgehead atoms. The molecular weight excluding hydrogens is 288 g/mol. The highest BCUT2D eigenvalue weighted by atomic mass is 32.1. The number of nitrogens with two attached hydrogens (primary N) is 1. The third kappa shape index (κ3) is 4.19. The molecule has 21 heavy (non-hydrogen) atoms. The predicted octanol–water partition coefficient (Wildman–Crippen LogP) is 2.92. The Bertz CT molecular complexity index is 656. The molecular formula is C15H14N2O3S. The third-order valence-electron chi connectivity index (χ3n) is 2.61. The Hall–Kier alpha value is -2.60. The molecule has 6 heteroatoms. The number of ether oxygens (including phenoxy) is 2. The van der Waals surface area contributed by atoms with Crippen LogP contribution in [0.5, 0.6) is 11.5 Å². The molecule has 3 N–H and O–H groups in total. The molecule has 0 aliphatic heterocycles. The SMILES string of the molecule is COC(=O)c1ccc(Oc2cccc(NC(N)=S)c2)cc1. The third-order valence-corrected chi connectivity index (χ3v) is 2.71. The lowest BCUT2D eigenvalue weighted by atomic mass is 10.2. The Balaban J connectivity index is 2.11. The standard InChI is InChI=1S/C15H14N2O3S/c1-19-14(18)10-5-7-12(8-6-10)20-13-4-2-3-11(9-13)17-15(16)21/h2-9H,1H3,(H3,16,17,21). The van der Waals surface area contributed by atoms with Crippen molar-refractivity contribution in [3.05, 3.63) is 54.1 Å². The van der Waals surface area contributed by atoms with Crippen LogP contribution in [0.25, 0.3) is 0 Å². The van der Waals surface area contributed by atoms with Crippen LogP contribution in [0.2, 0.25) is 0 Å². The summed E-state index contributed by atoms with van der Waals surface area (Å²) < 4.78 is 10.3. The highest BCUT2D eigenvalue weighted by Crippen LogP contribution is 2.24. The van der Waals surface area contributed by atoms with E-state index in [1.165, 1.54) is 7.11 Å². The Kier molecular flexibility index (Phi) is 4.73. The van der Waals surface area contributed by atoms with E-state index < -0.39 is 0 Å². The van der Waals surface area contributed by atoms with Crippen molar-refractivity contribution in [2.24, 2.45) is 5.73 Å². The maximum absolute atomic E-state index is 11.3. The maximum Gasteiger partial charge on any atom is 0.337 e. The lowest BCUT2D eigenvalue weighted by molar-refractivity contribution is 0.0600. The zero-order valence-corrected chi connectivity index (χ0v) is 12.1. The van der Waals surface area contributed by atoms with Crippen LogP contribution in [0.1, 0.15) is 10.4 Å². The van der Waals surface area contributed by atoms with Crippen molar-refractivity contribution in [2.45, 2.75) is 0 Å². The molecule has 2 aromatic rings. The van der Waals surface area contributed by atoms with Crippen molar-refractivity contribution in [3.8, 4) is 11.5 Å². The number of thiocarbonyl (C=S) groups is 1. The number of methoxy groups -OCH3 is 1. The molecule has 0 spiro atoms. The van der Waals surface area contributed by atoms with Gasteiger partial charge in [0.2, 0.25) is 0 Å². The molecule has 0 aliphatic carbocycles. The van der Waals surface area contributed by atoms with Gasteiger partial charge in [-0.25, -0.2) is 4.79 Å². The lowest BCUT2D eigenvalue weighted by Gasteiger charge is -2.09. The predicted molar refractivity (Wildman–Crippen MR) is 84.7 cm³/mol. The fourth-order valence-electron chi connectivity index (χ4n) is 1.69. The van der Waals surface area contributed by atoms with Gasteiger partial charge in [-0.3, -0.25) is 0 Å². The van der Waals surface area contributed by atoms with Gasteiger partial charge in [-0.2, -0.15) is 0 Å². The van der Waals surface area contributed by atoms with Crippen LogP contribution in [0.4, 0.5) is 5.69 Å². The molecule has 0 unspecified atom stereocenters. The normalized spacial score (nSPS) is 9.76. The number of hydrogen-bond acceptors (Lipinski definition) is 4. The fourth-order valence-corrected chi connectivity index (χ4v) is 1.81. The molecule has 0 atom stereocenters. The molecule has 0 radical (unpaired) electrons. The second-order valence-electron chi connectivity index (χ2n) is 4.14. The van der Waals surface area contributed by atoms with E-state index in [-0.39, 0.29) is 11.1 Å². The molecule has 0 fully saturated rings.